The number of methoxy groups -OCH3 is 1. The zero-order valence-corrected chi connectivity index (χ0v) is 91.8. The molecule has 0 unspecified atom stereocenters. The van der Waals surface area contributed by atoms with Crippen LogP contribution in [0.3, 0.4) is 0 Å². The lowest BCUT2D eigenvalue weighted by atomic mass is 10.1. The molecule has 37 heteroatoms. The maximum atomic E-state index is 13.0. The first-order valence-corrected chi connectivity index (χ1v) is 54.1. The second-order valence-corrected chi connectivity index (χ2v) is 38.8. The van der Waals surface area contributed by atoms with Crippen molar-refractivity contribution in [2.75, 3.05) is 81.6 Å². The van der Waals surface area contributed by atoms with Gasteiger partial charge in [0.05, 0.1) is 53.4 Å². The van der Waals surface area contributed by atoms with Crippen LogP contribution >= 0.6 is 70.6 Å². The Hall–Kier alpha value is -12.6. The van der Waals surface area contributed by atoms with Crippen LogP contribution in [0.5, 0.6) is 46.0 Å². The van der Waals surface area contributed by atoms with Gasteiger partial charge >= 0.3 is 37.6 Å². The molecule has 1 fully saturated rings. The quantitative estimate of drug-likeness (QED) is 0.0138. The molecule has 0 bridgehead atoms. The lowest BCUT2D eigenvalue weighted by molar-refractivity contribution is -0.137. The minimum absolute atomic E-state index is 0.0121. The molecule has 12 aromatic rings. The van der Waals surface area contributed by atoms with E-state index in [-0.39, 0.29) is 60.6 Å². The number of anilines is 6. The van der Waals surface area contributed by atoms with Crippen LogP contribution in [-0.4, -0.2) is 114 Å². The summed E-state index contributed by atoms with van der Waals surface area (Å²) in [6, 6.07) is 63.7. The van der Waals surface area contributed by atoms with Gasteiger partial charge in [-0.15, -0.1) is 0 Å². The van der Waals surface area contributed by atoms with Gasteiger partial charge in [0.15, 0.2) is 0 Å². The number of ether oxygens (including phenoxy) is 8. The highest BCUT2D eigenvalue weighted by Crippen LogP contribution is 2.44. The van der Waals surface area contributed by atoms with Gasteiger partial charge in [-0.2, -0.15) is 43.6 Å². The normalized spacial score (nSPS) is 11.2. The highest BCUT2D eigenvalue weighted by molar-refractivity contribution is 8.14. The Balaban J connectivity index is 0.000000218. The van der Waals surface area contributed by atoms with Crippen molar-refractivity contribution >= 4 is 136 Å². The third kappa shape index (κ3) is 36.4. The standard InChI is InChI=1S/C20H23NO3S.C19H23NO4S.C19H23NO3S.C18H18F3NO3S.C18H19F2NO3S.C18H21NO4S/c1-13-4-9-19(14(2)10-13)24-12-17-8-7-16(15-5-6-15)11-18(17)21(23)20(22)25-3;1-5-23-16-8-7-15(17(11-16)20(22)19(21)25-4)12-24-18-9-6-13(2)10-14(18)3;1-5-15-7-8-16(17(11-15)20(22)19(21)24-4)12-23-18-9-6-13(2)10-14(18)3;1-11-4-7-16(12(2)8-11)25-10-13-5-6-14(18(19,20)21)9-15(13)22(24)17(23)26-3;1-11-4-7-16(12(2)8-11)24-10-14-6-5-13(17(19)20)9-15(14)21(23)18(22)25-3;1-12-5-8-17(13(2)9-12)23-11-14-6-7-15(22-3)10-16(14)19(21)18(20)24-4/h4,7-11,15,23H,5-6,12H2,1-3H3;6-11,22H,5,12H2,1-4H3;6-11,22H,5,12H2,1-4H3;4-9,24H,10H2,1-3H3;4-9,17,23H,10H2,1-3H3;5-10,21H,11H2,1-4H3. The van der Waals surface area contributed by atoms with Crippen molar-refractivity contribution in [3.63, 3.8) is 0 Å². The summed E-state index contributed by atoms with van der Waals surface area (Å²) in [5.41, 5.74) is 18.8. The zero-order valence-electron chi connectivity index (χ0n) is 86.9. The van der Waals surface area contributed by atoms with Crippen molar-refractivity contribution in [3.8, 4) is 46.0 Å². The minimum atomic E-state index is -4.59. The number of carbonyl (C=O) groups is 6. The van der Waals surface area contributed by atoms with Gasteiger partial charge < -0.3 is 37.9 Å². The number of amides is 6. The van der Waals surface area contributed by atoms with Gasteiger partial charge in [-0.1, -0.05) is 226 Å². The first-order valence-electron chi connectivity index (χ1n) is 46.7. The number of thioether (sulfide) groups is 6. The Morgan fingerprint density at radius 2 is 0.570 bits per heavy atom. The molecule has 0 saturated heterocycles. The van der Waals surface area contributed by atoms with Crippen LogP contribution in [0.1, 0.15) is 161 Å². The van der Waals surface area contributed by atoms with Crippen LogP contribution in [0, 0.1) is 83.1 Å². The van der Waals surface area contributed by atoms with E-state index in [0.29, 0.717) is 114 Å². The van der Waals surface area contributed by atoms with E-state index in [0.717, 1.165) is 178 Å². The molecule has 0 radical (unpaired) electrons. The van der Waals surface area contributed by atoms with E-state index in [1.165, 1.54) is 72.9 Å². The fourth-order valence-electron chi connectivity index (χ4n) is 14.7. The third-order valence-corrected chi connectivity index (χ3v) is 26.0. The van der Waals surface area contributed by atoms with E-state index in [4.69, 9.17) is 37.9 Å². The van der Waals surface area contributed by atoms with Crippen molar-refractivity contribution in [2.45, 2.75) is 174 Å². The summed E-state index contributed by atoms with van der Waals surface area (Å²) in [5, 5.41) is 60.9. The first-order chi connectivity index (χ1) is 70.8. The molecule has 12 aromatic carbocycles. The first kappa shape index (κ1) is 122. The topological polar surface area (TPSA) is 317 Å². The van der Waals surface area contributed by atoms with Gasteiger partial charge in [0, 0.05) is 51.1 Å². The van der Waals surface area contributed by atoms with Crippen molar-refractivity contribution in [1.82, 2.24) is 0 Å². The maximum Gasteiger partial charge on any atom is 0.416 e. The van der Waals surface area contributed by atoms with Crippen molar-refractivity contribution in [3.05, 3.63) is 341 Å². The molecule has 0 aromatic heterocycles. The molecule has 1 saturated carbocycles. The monoisotopic (exact) mass is 2160 g/mol. The summed E-state index contributed by atoms with van der Waals surface area (Å²) >= 11 is 5.26. The summed E-state index contributed by atoms with van der Waals surface area (Å²) in [5.74, 6) is 6.04. The molecule has 0 atom stereocenters. The van der Waals surface area contributed by atoms with Gasteiger partial charge in [-0.05, 0) is 288 Å². The van der Waals surface area contributed by atoms with E-state index in [1.807, 2.05) is 218 Å². The predicted molar refractivity (Wildman–Crippen MR) is 588 cm³/mol. The van der Waals surface area contributed by atoms with Crippen LogP contribution in [0.2, 0.25) is 0 Å². The Morgan fingerprint density at radius 3 is 0.839 bits per heavy atom. The second kappa shape index (κ2) is 59.1. The summed E-state index contributed by atoms with van der Waals surface area (Å²) in [7, 11) is 1.53. The number of hydrogen-bond acceptors (Lipinski definition) is 26. The molecule has 6 N–H and O–H groups in total. The van der Waals surface area contributed by atoms with Crippen LogP contribution < -0.4 is 68.3 Å². The fraction of sp³-hybridized carbons (Fsp3) is 0.304. The summed E-state index contributed by atoms with van der Waals surface area (Å²) in [6.07, 6.45) is 5.30. The van der Waals surface area contributed by atoms with Crippen LogP contribution in [0.15, 0.2) is 218 Å². The van der Waals surface area contributed by atoms with E-state index in [9.17, 15) is 82.0 Å². The zero-order chi connectivity index (χ0) is 110. The number of hydrogen-bond donors (Lipinski definition) is 6. The number of hydroxylamine groups is 6. The third-order valence-electron chi connectivity index (χ3n) is 22.9. The van der Waals surface area contributed by atoms with Crippen molar-refractivity contribution in [2.24, 2.45) is 0 Å². The highest BCUT2D eigenvalue weighted by atomic mass is 32.2. The fourth-order valence-corrected chi connectivity index (χ4v) is 16.4. The summed E-state index contributed by atoms with van der Waals surface area (Å²) < 4.78 is 110. The lowest BCUT2D eigenvalue weighted by Crippen LogP contribution is -2.24. The van der Waals surface area contributed by atoms with Crippen molar-refractivity contribution in [1.29, 1.82) is 0 Å². The number of benzene rings is 12. The highest BCUT2D eigenvalue weighted by Gasteiger charge is 2.34. The molecule has 13 rings (SSSR count). The number of carbonyl (C=O) groups excluding carboxylic acids is 6. The van der Waals surface area contributed by atoms with Crippen LogP contribution in [-0.2, 0) is 52.2 Å². The van der Waals surface area contributed by atoms with Gasteiger partial charge in [-0.25, -0.2) is 8.78 Å². The minimum Gasteiger partial charge on any atom is -0.497 e. The van der Waals surface area contributed by atoms with Gasteiger partial charge in [-0.3, -0.25) is 60.0 Å². The lowest BCUT2D eigenvalue weighted by Gasteiger charge is -2.20. The average molecular weight is 2160 g/mol. The van der Waals surface area contributed by atoms with Gasteiger partial charge in [0.25, 0.3) is 6.43 Å². The summed E-state index contributed by atoms with van der Waals surface area (Å²) in [4.78, 5) is 70.8. The van der Waals surface area contributed by atoms with E-state index < -0.39 is 49.6 Å². The number of halogens is 5. The number of nitrogens with zero attached hydrogens (tertiary/aromatic N) is 6. The number of aryl methyl sites for hydroxylation is 13. The summed E-state index contributed by atoms with van der Waals surface area (Å²) in [6.45, 7) is 29.1. The van der Waals surface area contributed by atoms with E-state index in [1.54, 1.807) is 67.5 Å². The Labute approximate surface area is 892 Å². The van der Waals surface area contributed by atoms with Gasteiger partial charge in [0.1, 0.15) is 85.6 Å². The molecule has 26 nitrogen and oxygen atoms in total. The maximum absolute atomic E-state index is 13.0. The average Bonchev–Trinajstić information content (AvgIpc) is 1.32. The van der Waals surface area contributed by atoms with Crippen LogP contribution in [0.25, 0.3) is 0 Å². The largest absolute Gasteiger partial charge is 0.497 e. The molecule has 0 spiro atoms. The molecule has 0 aliphatic heterocycles. The smallest absolute Gasteiger partial charge is 0.416 e. The number of alkyl halides is 5. The Morgan fingerprint density at radius 1 is 0.315 bits per heavy atom. The van der Waals surface area contributed by atoms with E-state index >= 15 is 0 Å². The van der Waals surface area contributed by atoms with Crippen molar-refractivity contribution < 1.29 is 120 Å². The molecule has 1 aliphatic rings. The van der Waals surface area contributed by atoms with Gasteiger partial charge in [0.2, 0.25) is 0 Å². The molecule has 796 valence electrons. The molecular weight excluding hydrogens is 2040 g/mol. The van der Waals surface area contributed by atoms with Crippen LogP contribution in [0.4, 0.5) is 84.8 Å². The predicted octanol–water partition coefficient (Wildman–Crippen LogP) is 31.2. The number of rotatable bonds is 30. The Kier molecular flexibility index (Phi) is 48.2. The molecule has 6 amide bonds. The molecule has 149 heavy (non-hydrogen) atoms. The SMILES string of the molecule is CCOc1ccc(COc2ccc(C)cc2C)c(N(O)C(=O)SC)c1.CCc1ccc(COc2ccc(C)cc2C)c(N(O)C(=O)SC)c1.COc1ccc(COc2ccc(C)cc2C)c(N(O)C(=O)SC)c1.CSC(=O)N(O)c1cc(C(F)(F)F)ccc1COc1ccc(C)cc1C.CSC(=O)N(O)c1cc(C(F)F)ccc1COc1ccc(C)cc1C.CSC(=O)N(O)c1cc(C2CC2)ccc1COc1ccc(C)cc1C. The molecule has 0 heterocycles. The molecular formula is C112H127F5N6O20S6. The van der Waals surface area contributed by atoms with E-state index in [2.05, 4.69) is 18.2 Å². The second-order valence-electron chi connectivity index (χ2n) is 34.3. The Bertz CT molecular complexity index is 6340. The molecule has 1 aliphatic carbocycles.